The highest BCUT2D eigenvalue weighted by molar-refractivity contribution is 7.93. The smallest absolute Gasteiger partial charge is 0.255 e. The fourth-order valence-electron chi connectivity index (χ4n) is 3.06. The van der Waals surface area contributed by atoms with Crippen LogP contribution in [0.15, 0.2) is 36.4 Å². The van der Waals surface area contributed by atoms with E-state index in [4.69, 9.17) is 9.47 Å². The third-order valence-corrected chi connectivity index (χ3v) is 6.27. The number of nitrogens with one attached hydrogen (secondary N) is 1. The van der Waals surface area contributed by atoms with Crippen molar-refractivity contribution in [2.24, 2.45) is 0 Å². The first-order chi connectivity index (χ1) is 13.7. The first kappa shape index (κ1) is 20.8. The summed E-state index contributed by atoms with van der Waals surface area (Å²) in [5.41, 5.74) is 0.821. The van der Waals surface area contributed by atoms with E-state index in [-0.39, 0.29) is 23.3 Å². The molecule has 2 aromatic rings. The van der Waals surface area contributed by atoms with Gasteiger partial charge in [0.25, 0.3) is 5.91 Å². The largest absolute Gasteiger partial charge is 0.506 e. The summed E-state index contributed by atoms with van der Waals surface area (Å²) in [6.07, 6.45) is 0.486. The van der Waals surface area contributed by atoms with E-state index in [1.807, 2.05) is 13.8 Å². The molecule has 1 fully saturated rings. The maximum absolute atomic E-state index is 12.7. The molecule has 2 aromatic carbocycles. The number of nitrogens with zero attached hydrogens (tertiary/aromatic N) is 1. The normalized spacial score (nSPS) is 15.4. The number of anilines is 2. The highest BCUT2D eigenvalue weighted by Gasteiger charge is 2.29. The summed E-state index contributed by atoms with van der Waals surface area (Å²) in [7, 11) is -1.88. The Kier molecular flexibility index (Phi) is 5.88. The Hall–Kier alpha value is -2.94. The SMILES string of the molecule is COc1cc(C(=O)Nc2cc(N3CCCS3(=O)=O)ccc2O)ccc1OC(C)C. The molecule has 0 unspecified atom stereocenters. The Morgan fingerprint density at radius 1 is 1.17 bits per heavy atom. The number of methoxy groups -OCH3 is 1. The standard InChI is InChI=1S/C20H24N2O6S/c1-13(2)28-18-8-5-14(11-19(18)27-3)20(24)21-16-12-15(6-7-17(16)23)22-9-4-10-29(22,25)26/h5-8,11-13,23H,4,9-10H2,1-3H3,(H,21,24). The zero-order chi connectivity index (χ0) is 21.2. The van der Waals surface area contributed by atoms with Gasteiger partial charge in [0.2, 0.25) is 10.0 Å². The van der Waals surface area contributed by atoms with Crippen molar-refractivity contribution in [1.29, 1.82) is 0 Å². The van der Waals surface area contributed by atoms with Crippen LogP contribution in [0.1, 0.15) is 30.6 Å². The summed E-state index contributed by atoms with van der Waals surface area (Å²) in [6, 6.07) is 9.08. The van der Waals surface area contributed by atoms with Gasteiger partial charge >= 0.3 is 0 Å². The van der Waals surface area contributed by atoms with Crippen LogP contribution in [-0.2, 0) is 10.0 Å². The van der Waals surface area contributed by atoms with Crippen LogP contribution in [0.5, 0.6) is 17.2 Å². The van der Waals surface area contributed by atoms with Crippen LogP contribution in [-0.4, -0.2) is 44.9 Å². The van der Waals surface area contributed by atoms with E-state index < -0.39 is 15.9 Å². The lowest BCUT2D eigenvalue weighted by molar-refractivity contribution is 0.102. The van der Waals surface area contributed by atoms with E-state index in [0.29, 0.717) is 35.7 Å². The number of phenols is 1. The van der Waals surface area contributed by atoms with Crippen LogP contribution < -0.4 is 19.1 Å². The summed E-state index contributed by atoms with van der Waals surface area (Å²) in [5, 5.41) is 12.7. The maximum atomic E-state index is 12.7. The predicted molar refractivity (Wildman–Crippen MR) is 111 cm³/mol. The molecular weight excluding hydrogens is 396 g/mol. The fraction of sp³-hybridized carbons (Fsp3) is 0.350. The number of ether oxygens (including phenoxy) is 2. The quantitative estimate of drug-likeness (QED) is 0.696. The first-order valence-corrected chi connectivity index (χ1v) is 10.8. The van der Waals surface area contributed by atoms with Crippen molar-refractivity contribution in [1.82, 2.24) is 0 Å². The maximum Gasteiger partial charge on any atom is 0.255 e. The van der Waals surface area contributed by atoms with Crippen molar-refractivity contribution in [2.75, 3.05) is 29.0 Å². The molecule has 1 aliphatic rings. The van der Waals surface area contributed by atoms with Crippen molar-refractivity contribution in [2.45, 2.75) is 26.4 Å². The van der Waals surface area contributed by atoms with E-state index >= 15 is 0 Å². The number of sulfonamides is 1. The summed E-state index contributed by atoms with van der Waals surface area (Å²) in [6.45, 7) is 4.14. The van der Waals surface area contributed by atoms with Gasteiger partial charge in [-0.15, -0.1) is 0 Å². The molecule has 9 heteroatoms. The van der Waals surface area contributed by atoms with Crippen LogP contribution in [0.3, 0.4) is 0 Å². The molecule has 1 saturated heterocycles. The molecule has 1 aliphatic heterocycles. The Bertz CT molecular complexity index is 1020. The third-order valence-electron chi connectivity index (χ3n) is 4.40. The molecule has 1 heterocycles. The molecule has 0 spiro atoms. The lowest BCUT2D eigenvalue weighted by Crippen LogP contribution is -2.25. The average molecular weight is 420 g/mol. The van der Waals surface area contributed by atoms with E-state index in [0.717, 1.165) is 0 Å². The van der Waals surface area contributed by atoms with Crippen molar-refractivity contribution >= 4 is 27.3 Å². The van der Waals surface area contributed by atoms with Gasteiger partial charge < -0.3 is 19.9 Å². The number of benzene rings is 2. The molecule has 29 heavy (non-hydrogen) atoms. The molecular formula is C20H24N2O6S. The monoisotopic (exact) mass is 420 g/mol. The minimum atomic E-state index is -3.37. The van der Waals surface area contributed by atoms with Crippen molar-refractivity contribution in [3.8, 4) is 17.2 Å². The van der Waals surface area contributed by atoms with Crippen molar-refractivity contribution < 1.29 is 27.8 Å². The number of hydrogen-bond acceptors (Lipinski definition) is 6. The van der Waals surface area contributed by atoms with Crippen LogP contribution >= 0.6 is 0 Å². The Labute approximate surface area is 170 Å². The van der Waals surface area contributed by atoms with Crippen LogP contribution in [0, 0.1) is 0 Å². The van der Waals surface area contributed by atoms with Crippen LogP contribution in [0.25, 0.3) is 0 Å². The minimum Gasteiger partial charge on any atom is -0.506 e. The summed E-state index contributed by atoms with van der Waals surface area (Å²) < 4.78 is 36.5. The molecule has 0 atom stereocenters. The van der Waals surface area contributed by atoms with Gasteiger partial charge in [-0.3, -0.25) is 9.10 Å². The lowest BCUT2D eigenvalue weighted by atomic mass is 10.1. The van der Waals surface area contributed by atoms with Crippen LogP contribution in [0.4, 0.5) is 11.4 Å². The van der Waals surface area contributed by atoms with E-state index in [9.17, 15) is 18.3 Å². The molecule has 0 aromatic heterocycles. The predicted octanol–water partition coefficient (Wildman–Crippen LogP) is 2.98. The topological polar surface area (TPSA) is 105 Å². The summed E-state index contributed by atoms with van der Waals surface area (Å²) >= 11 is 0. The lowest BCUT2D eigenvalue weighted by Gasteiger charge is -2.18. The second kappa shape index (κ2) is 8.20. The van der Waals surface area contributed by atoms with Gasteiger partial charge in [0.1, 0.15) is 5.75 Å². The van der Waals surface area contributed by atoms with Gasteiger partial charge in [0.15, 0.2) is 11.5 Å². The number of hydrogen-bond donors (Lipinski definition) is 2. The zero-order valence-corrected chi connectivity index (χ0v) is 17.3. The molecule has 0 saturated carbocycles. The number of amides is 1. The third kappa shape index (κ3) is 4.56. The van der Waals surface area contributed by atoms with E-state index in [2.05, 4.69) is 5.32 Å². The molecule has 156 valence electrons. The molecule has 0 bridgehead atoms. The summed E-state index contributed by atoms with van der Waals surface area (Å²) in [5.74, 6) is 0.373. The minimum absolute atomic E-state index is 0.0508. The van der Waals surface area contributed by atoms with Crippen molar-refractivity contribution in [3.63, 3.8) is 0 Å². The van der Waals surface area contributed by atoms with Gasteiger partial charge in [0.05, 0.1) is 30.3 Å². The van der Waals surface area contributed by atoms with Gasteiger partial charge in [-0.2, -0.15) is 0 Å². The number of rotatable bonds is 6. The number of phenolic OH excluding ortho intramolecular Hbond substituents is 1. The Morgan fingerprint density at radius 3 is 2.55 bits per heavy atom. The van der Waals surface area contributed by atoms with Gasteiger partial charge in [-0.05, 0) is 56.7 Å². The Balaban J connectivity index is 1.84. The Morgan fingerprint density at radius 2 is 1.93 bits per heavy atom. The van der Waals surface area contributed by atoms with Gasteiger partial charge in [-0.25, -0.2) is 8.42 Å². The average Bonchev–Trinajstić information content (AvgIpc) is 3.02. The van der Waals surface area contributed by atoms with Crippen molar-refractivity contribution in [3.05, 3.63) is 42.0 Å². The molecule has 0 radical (unpaired) electrons. The number of carbonyl (C=O) groups is 1. The van der Waals surface area contributed by atoms with E-state index in [1.165, 1.54) is 29.6 Å². The second-order valence-corrected chi connectivity index (χ2v) is 8.94. The van der Waals surface area contributed by atoms with Gasteiger partial charge in [-0.1, -0.05) is 0 Å². The summed E-state index contributed by atoms with van der Waals surface area (Å²) in [4.78, 5) is 12.7. The fourth-order valence-corrected chi connectivity index (χ4v) is 4.62. The van der Waals surface area contributed by atoms with Crippen LogP contribution in [0.2, 0.25) is 0 Å². The highest BCUT2D eigenvalue weighted by Crippen LogP contribution is 2.33. The molecule has 3 rings (SSSR count). The highest BCUT2D eigenvalue weighted by atomic mass is 32.2. The number of carbonyl (C=O) groups excluding carboxylic acids is 1. The molecule has 2 N–H and O–H groups in total. The molecule has 8 nitrogen and oxygen atoms in total. The zero-order valence-electron chi connectivity index (χ0n) is 16.5. The van der Waals surface area contributed by atoms with Gasteiger partial charge in [0, 0.05) is 12.1 Å². The number of aromatic hydroxyl groups is 1. The second-order valence-electron chi connectivity index (χ2n) is 6.93. The first-order valence-electron chi connectivity index (χ1n) is 9.21. The molecule has 0 aliphatic carbocycles. The van der Waals surface area contributed by atoms with E-state index in [1.54, 1.807) is 18.2 Å². The molecule has 1 amide bonds.